The van der Waals surface area contributed by atoms with Crippen LogP contribution in [-0.2, 0) is 17.8 Å². The van der Waals surface area contributed by atoms with Gasteiger partial charge in [0.15, 0.2) is 18.2 Å². The molecule has 1 aromatic carbocycles. The van der Waals surface area contributed by atoms with Gasteiger partial charge >= 0.3 is 0 Å². The number of carbonyl (C=O) groups is 1. The van der Waals surface area contributed by atoms with Crippen LogP contribution in [0.25, 0.3) is 10.9 Å². The fraction of sp³-hybridized carbons (Fsp3) is 0.400. The van der Waals surface area contributed by atoms with Crippen LogP contribution in [0.4, 0.5) is 5.82 Å². The summed E-state index contributed by atoms with van der Waals surface area (Å²) in [6, 6.07) is 9.44. The molecule has 0 radical (unpaired) electrons. The zero-order valence-electron chi connectivity index (χ0n) is 19.5. The molecule has 2 aliphatic rings. The molecule has 0 spiro atoms. The quantitative estimate of drug-likeness (QED) is 0.456. The minimum absolute atomic E-state index is 0.00876. The summed E-state index contributed by atoms with van der Waals surface area (Å²) >= 11 is 6.50. The predicted octanol–water partition coefficient (Wildman–Crippen LogP) is 2.39. The van der Waals surface area contributed by atoms with Gasteiger partial charge in [0, 0.05) is 37.3 Å². The van der Waals surface area contributed by atoms with E-state index in [1.54, 1.807) is 19.4 Å². The lowest BCUT2D eigenvalue weighted by Crippen LogP contribution is -2.52. The van der Waals surface area contributed by atoms with Crippen molar-refractivity contribution in [2.75, 3.05) is 38.7 Å². The minimum Gasteiger partial charge on any atom is -0.497 e. The normalized spacial score (nSPS) is 20.3. The standard InChI is InChI=1S/C25H28ClN5O4/c1-34-16-3-4-20-18(10-16)17(19(26)12-28-20)6-8-31-9-7-21(22(32)13-31)27-11-15-2-5-23-25(29-15)30-24(33)14-35-23/h2-5,10,12,21-22,27,32H,6-9,11,13-14H2,1H3,(H,29,30,33)/t21-,22-/m1/s1. The number of pyridine rings is 2. The van der Waals surface area contributed by atoms with E-state index in [2.05, 4.69) is 25.5 Å². The van der Waals surface area contributed by atoms with Gasteiger partial charge in [-0.05, 0) is 55.3 Å². The second-order valence-electron chi connectivity index (χ2n) is 8.85. The maximum absolute atomic E-state index is 11.5. The number of anilines is 1. The number of nitrogens with zero attached hydrogens (tertiary/aromatic N) is 3. The van der Waals surface area contributed by atoms with Crippen LogP contribution in [0.15, 0.2) is 36.5 Å². The van der Waals surface area contributed by atoms with E-state index in [1.165, 1.54) is 0 Å². The smallest absolute Gasteiger partial charge is 0.263 e. The third-order valence-electron chi connectivity index (χ3n) is 6.56. The molecular formula is C25H28ClN5O4. The number of amides is 1. The number of ether oxygens (including phenoxy) is 2. The molecule has 0 bridgehead atoms. The highest BCUT2D eigenvalue weighted by Gasteiger charge is 2.27. The van der Waals surface area contributed by atoms with Crippen LogP contribution in [-0.4, -0.2) is 71.4 Å². The van der Waals surface area contributed by atoms with Crippen LogP contribution in [0.3, 0.4) is 0 Å². The Morgan fingerprint density at radius 2 is 2.23 bits per heavy atom. The number of aromatic nitrogens is 2. The lowest BCUT2D eigenvalue weighted by Gasteiger charge is -2.36. The first-order valence-electron chi connectivity index (χ1n) is 11.7. The van der Waals surface area contributed by atoms with Crippen LogP contribution in [0.1, 0.15) is 17.7 Å². The van der Waals surface area contributed by atoms with Crippen molar-refractivity contribution in [3.8, 4) is 11.5 Å². The maximum atomic E-state index is 11.5. The molecule has 2 atom stereocenters. The summed E-state index contributed by atoms with van der Waals surface area (Å²) in [5.41, 5.74) is 2.70. The fourth-order valence-corrected chi connectivity index (χ4v) is 4.87. The van der Waals surface area contributed by atoms with Crippen LogP contribution >= 0.6 is 11.6 Å². The van der Waals surface area contributed by atoms with Gasteiger partial charge < -0.3 is 30.1 Å². The topological polar surface area (TPSA) is 109 Å². The van der Waals surface area contributed by atoms with E-state index in [0.29, 0.717) is 29.7 Å². The molecule has 5 rings (SSSR count). The molecule has 2 aliphatic heterocycles. The van der Waals surface area contributed by atoms with E-state index in [4.69, 9.17) is 21.1 Å². The Labute approximate surface area is 208 Å². The maximum Gasteiger partial charge on any atom is 0.263 e. The summed E-state index contributed by atoms with van der Waals surface area (Å²) in [6.45, 7) is 2.72. The highest BCUT2D eigenvalue weighted by molar-refractivity contribution is 6.32. The number of piperidine rings is 1. The van der Waals surface area contributed by atoms with Crippen molar-refractivity contribution in [2.45, 2.75) is 31.5 Å². The van der Waals surface area contributed by atoms with Crippen LogP contribution in [0.2, 0.25) is 5.02 Å². The van der Waals surface area contributed by atoms with Gasteiger partial charge in [-0.3, -0.25) is 9.78 Å². The molecule has 184 valence electrons. The molecule has 1 saturated heterocycles. The molecule has 9 nitrogen and oxygen atoms in total. The summed E-state index contributed by atoms with van der Waals surface area (Å²) in [6.07, 6.45) is 2.75. The van der Waals surface area contributed by atoms with Crippen molar-refractivity contribution in [3.05, 3.63) is 52.8 Å². The van der Waals surface area contributed by atoms with Crippen molar-refractivity contribution in [1.82, 2.24) is 20.2 Å². The summed E-state index contributed by atoms with van der Waals surface area (Å²) in [4.78, 5) is 22.7. The number of aliphatic hydroxyl groups is 1. The number of hydrogen-bond donors (Lipinski definition) is 3. The second kappa shape index (κ2) is 10.3. The fourth-order valence-electron chi connectivity index (χ4n) is 4.63. The molecule has 10 heteroatoms. The number of likely N-dealkylation sites (tertiary alicyclic amines) is 1. The number of rotatable bonds is 7. The van der Waals surface area contributed by atoms with Gasteiger partial charge in [0.25, 0.3) is 5.91 Å². The monoisotopic (exact) mass is 497 g/mol. The number of halogens is 1. The second-order valence-corrected chi connectivity index (χ2v) is 9.26. The molecule has 0 aliphatic carbocycles. The van der Waals surface area contributed by atoms with E-state index in [0.717, 1.165) is 53.8 Å². The Morgan fingerprint density at radius 3 is 3.06 bits per heavy atom. The van der Waals surface area contributed by atoms with E-state index in [1.807, 2.05) is 24.3 Å². The summed E-state index contributed by atoms with van der Waals surface area (Å²) in [7, 11) is 1.65. The largest absolute Gasteiger partial charge is 0.497 e. The third kappa shape index (κ3) is 5.33. The molecule has 3 N–H and O–H groups in total. The third-order valence-corrected chi connectivity index (χ3v) is 6.88. The van der Waals surface area contributed by atoms with Gasteiger partial charge in [-0.15, -0.1) is 0 Å². The Balaban J connectivity index is 1.16. The first-order chi connectivity index (χ1) is 17.0. The van der Waals surface area contributed by atoms with Gasteiger partial charge in [0.1, 0.15) is 5.75 Å². The van der Waals surface area contributed by atoms with Crippen molar-refractivity contribution in [3.63, 3.8) is 0 Å². The molecule has 4 heterocycles. The average molecular weight is 498 g/mol. The molecule has 2 aromatic heterocycles. The average Bonchev–Trinajstić information content (AvgIpc) is 2.87. The number of hydrogen-bond acceptors (Lipinski definition) is 8. The van der Waals surface area contributed by atoms with Gasteiger partial charge in [-0.1, -0.05) is 11.6 Å². The van der Waals surface area contributed by atoms with E-state index in [9.17, 15) is 9.90 Å². The van der Waals surface area contributed by atoms with Crippen LogP contribution in [0, 0.1) is 0 Å². The lowest BCUT2D eigenvalue weighted by molar-refractivity contribution is -0.118. The zero-order valence-corrected chi connectivity index (χ0v) is 20.2. The van der Waals surface area contributed by atoms with Crippen LogP contribution in [0.5, 0.6) is 11.5 Å². The number of nitrogens with one attached hydrogen (secondary N) is 2. The Bertz CT molecular complexity index is 1240. The molecule has 0 saturated carbocycles. The summed E-state index contributed by atoms with van der Waals surface area (Å²) in [5.74, 6) is 1.57. The molecule has 1 amide bonds. The van der Waals surface area contributed by atoms with Crippen molar-refractivity contribution in [1.29, 1.82) is 0 Å². The van der Waals surface area contributed by atoms with E-state index in [-0.39, 0.29) is 18.6 Å². The minimum atomic E-state index is -0.505. The molecule has 35 heavy (non-hydrogen) atoms. The van der Waals surface area contributed by atoms with Gasteiger partial charge in [0.05, 0.1) is 29.4 Å². The van der Waals surface area contributed by atoms with Crippen LogP contribution < -0.4 is 20.1 Å². The van der Waals surface area contributed by atoms with Crippen molar-refractivity contribution in [2.24, 2.45) is 0 Å². The van der Waals surface area contributed by atoms with Gasteiger partial charge in [0.2, 0.25) is 0 Å². The molecule has 1 fully saturated rings. The lowest BCUT2D eigenvalue weighted by atomic mass is 10.00. The first kappa shape index (κ1) is 23.7. The number of benzene rings is 1. The Morgan fingerprint density at radius 1 is 1.34 bits per heavy atom. The molecule has 3 aromatic rings. The SMILES string of the molecule is COc1ccc2ncc(Cl)c(CCN3CC[C@@H](NCc4ccc5c(n4)NC(=O)CO5)[C@H](O)C3)c2c1. The van der Waals surface area contributed by atoms with Crippen molar-refractivity contribution >= 4 is 34.2 Å². The number of fused-ring (bicyclic) bond motifs is 2. The van der Waals surface area contributed by atoms with E-state index >= 15 is 0 Å². The van der Waals surface area contributed by atoms with Gasteiger partial charge in [-0.25, -0.2) is 4.98 Å². The number of aliphatic hydroxyl groups excluding tert-OH is 1. The molecular weight excluding hydrogens is 470 g/mol. The summed E-state index contributed by atoms with van der Waals surface area (Å²) in [5, 5.41) is 18.5. The van der Waals surface area contributed by atoms with Crippen molar-refractivity contribution < 1.29 is 19.4 Å². The Kier molecular flexibility index (Phi) is 7.01. The van der Waals surface area contributed by atoms with E-state index < -0.39 is 6.10 Å². The highest BCUT2D eigenvalue weighted by atomic mass is 35.5. The zero-order chi connectivity index (χ0) is 24.4. The highest BCUT2D eigenvalue weighted by Crippen LogP contribution is 2.29. The first-order valence-corrected chi connectivity index (χ1v) is 12.1. The van der Waals surface area contributed by atoms with Gasteiger partial charge in [-0.2, -0.15) is 0 Å². The Hall–Kier alpha value is -2.98. The number of β-amino-alcohol motifs (C(OH)–C–C–N with tert-alkyl or cyclic N) is 1. The molecule has 0 unspecified atom stereocenters. The summed E-state index contributed by atoms with van der Waals surface area (Å²) < 4.78 is 10.7. The number of methoxy groups -OCH3 is 1. The predicted molar refractivity (Wildman–Crippen MR) is 133 cm³/mol. The number of carbonyl (C=O) groups excluding carboxylic acids is 1.